The molecule has 0 saturated carbocycles. The fraction of sp³-hybridized carbons (Fsp3) is 0.300. The molecule has 1 atom stereocenters. The van der Waals surface area contributed by atoms with Gasteiger partial charge in [0.15, 0.2) is 0 Å². The fourth-order valence-electron chi connectivity index (χ4n) is 3.53. The minimum Gasteiger partial charge on any atom is -0.319 e. The summed E-state index contributed by atoms with van der Waals surface area (Å²) in [5.41, 5.74) is 0.0693. The summed E-state index contributed by atoms with van der Waals surface area (Å²) >= 11 is 0. The molecule has 0 aliphatic carbocycles. The van der Waals surface area contributed by atoms with Crippen molar-refractivity contribution in [2.24, 2.45) is 0 Å². The summed E-state index contributed by atoms with van der Waals surface area (Å²) in [7, 11) is 0. The summed E-state index contributed by atoms with van der Waals surface area (Å²) in [6, 6.07) is 5.19. The third kappa shape index (κ3) is 4.41. The van der Waals surface area contributed by atoms with E-state index in [0.29, 0.717) is 30.5 Å². The number of hydrogen-bond donors (Lipinski definition) is 1. The van der Waals surface area contributed by atoms with Crippen molar-refractivity contribution in [2.45, 2.75) is 25.2 Å². The summed E-state index contributed by atoms with van der Waals surface area (Å²) in [6.07, 6.45) is -0.238. The maximum Gasteiger partial charge on any atom is 0.416 e. The van der Waals surface area contributed by atoms with Gasteiger partial charge in [-0.1, -0.05) is 0 Å². The van der Waals surface area contributed by atoms with Crippen molar-refractivity contribution >= 4 is 11.6 Å². The van der Waals surface area contributed by atoms with Crippen LogP contribution < -0.4 is 5.32 Å². The van der Waals surface area contributed by atoms with Gasteiger partial charge in [0.2, 0.25) is 0 Å². The fourth-order valence-corrected chi connectivity index (χ4v) is 3.53. The van der Waals surface area contributed by atoms with Crippen LogP contribution in [-0.4, -0.2) is 43.9 Å². The van der Waals surface area contributed by atoms with Gasteiger partial charge < -0.3 is 5.32 Å². The number of alkyl halides is 3. The van der Waals surface area contributed by atoms with Gasteiger partial charge in [0.1, 0.15) is 11.5 Å². The second kappa shape index (κ2) is 8.06. The van der Waals surface area contributed by atoms with Crippen LogP contribution in [0.3, 0.4) is 0 Å². The molecule has 31 heavy (non-hydrogen) atoms. The largest absolute Gasteiger partial charge is 0.416 e. The molecule has 1 N–H and O–H groups in total. The Morgan fingerprint density at radius 3 is 2.61 bits per heavy atom. The van der Waals surface area contributed by atoms with Gasteiger partial charge in [-0.2, -0.15) is 28.5 Å². The number of nitrogens with zero attached hydrogens (tertiary/aromatic N) is 5. The molecule has 1 fully saturated rings. The number of nitrogens with one attached hydrogen (secondary N) is 1. The molecule has 1 amide bonds. The first-order valence-electron chi connectivity index (χ1n) is 9.45. The Kier molecular flexibility index (Phi) is 5.44. The number of carbonyl (C=O) groups excluding carboxylic acids is 1. The van der Waals surface area contributed by atoms with Crippen molar-refractivity contribution in [1.82, 2.24) is 24.9 Å². The van der Waals surface area contributed by atoms with Crippen LogP contribution in [0.25, 0.3) is 0 Å². The van der Waals surface area contributed by atoms with Crippen LogP contribution in [0.1, 0.15) is 40.6 Å². The van der Waals surface area contributed by atoms with Crippen LogP contribution >= 0.6 is 0 Å². The Bertz CT molecular complexity index is 1080. The van der Waals surface area contributed by atoms with E-state index < -0.39 is 23.6 Å². The molecule has 1 saturated heterocycles. The summed E-state index contributed by atoms with van der Waals surface area (Å²) in [5, 5.41) is 14.3. The summed E-state index contributed by atoms with van der Waals surface area (Å²) in [4.78, 5) is 14.5. The minimum absolute atomic E-state index is 0.135. The van der Waals surface area contributed by atoms with E-state index in [0.717, 1.165) is 12.1 Å². The van der Waals surface area contributed by atoms with Crippen molar-refractivity contribution in [3.05, 3.63) is 71.6 Å². The van der Waals surface area contributed by atoms with Crippen LogP contribution in [0.4, 0.5) is 23.2 Å². The van der Waals surface area contributed by atoms with Gasteiger partial charge in [0.05, 0.1) is 29.7 Å². The van der Waals surface area contributed by atoms with E-state index in [1.54, 1.807) is 23.7 Å². The molecule has 11 heteroatoms. The average molecular weight is 434 g/mol. The van der Waals surface area contributed by atoms with E-state index in [-0.39, 0.29) is 17.5 Å². The molecule has 3 heterocycles. The highest BCUT2D eigenvalue weighted by Crippen LogP contribution is 2.35. The molecule has 7 nitrogen and oxygen atoms in total. The molecule has 0 bridgehead atoms. The number of halogens is 4. The molecule has 1 aliphatic heterocycles. The first-order chi connectivity index (χ1) is 14.7. The van der Waals surface area contributed by atoms with Gasteiger partial charge in [-0.3, -0.25) is 14.4 Å². The molecule has 3 aromatic rings. The number of anilines is 1. The standard InChI is InChI=1S/C20H18F4N6O/c1-12(13-6-14(20(22,23)24)8-15(21)7-13)29-10-17(11-29)30-18(3-5-27-30)19(31)28-16-2-4-25-26-9-16/h2-9,12,17H,10-11H2,1H3,(H,25,28,31). The van der Waals surface area contributed by atoms with Crippen molar-refractivity contribution < 1.29 is 22.4 Å². The Morgan fingerprint density at radius 1 is 1.16 bits per heavy atom. The number of rotatable bonds is 5. The van der Waals surface area contributed by atoms with Gasteiger partial charge in [0, 0.05) is 25.3 Å². The second-order valence-electron chi connectivity index (χ2n) is 7.30. The lowest BCUT2D eigenvalue weighted by Gasteiger charge is -2.43. The molecule has 4 rings (SSSR count). The topological polar surface area (TPSA) is 75.9 Å². The highest BCUT2D eigenvalue weighted by atomic mass is 19.4. The van der Waals surface area contributed by atoms with Crippen molar-refractivity contribution in [3.8, 4) is 0 Å². The van der Waals surface area contributed by atoms with Gasteiger partial charge in [-0.25, -0.2) is 4.39 Å². The van der Waals surface area contributed by atoms with Gasteiger partial charge in [-0.05, 0) is 42.8 Å². The molecule has 1 aromatic carbocycles. The van der Waals surface area contributed by atoms with Crippen molar-refractivity contribution in [2.75, 3.05) is 18.4 Å². The number of carbonyl (C=O) groups is 1. The molecule has 0 radical (unpaired) electrons. The molecule has 1 unspecified atom stereocenters. The lowest BCUT2D eigenvalue weighted by atomic mass is 9.98. The SMILES string of the molecule is CC(c1cc(F)cc(C(F)(F)F)c1)N1CC(n2nccc2C(=O)Nc2ccnnc2)C1. The quantitative estimate of drug-likeness (QED) is 0.620. The lowest BCUT2D eigenvalue weighted by Crippen LogP contribution is -2.49. The minimum atomic E-state index is -4.62. The maximum atomic E-state index is 13.7. The number of likely N-dealkylation sites (tertiary alicyclic amines) is 1. The highest BCUT2D eigenvalue weighted by molar-refractivity contribution is 6.02. The third-order valence-corrected chi connectivity index (χ3v) is 5.26. The molecule has 2 aromatic heterocycles. The van der Waals surface area contributed by atoms with Crippen LogP contribution in [-0.2, 0) is 6.18 Å². The number of benzene rings is 1. The van der Waals surface area contributed by atoms with Crippen LogP contribution in [0, 0.1) is 5.82 Å². The predicted octanol–water partition coefficient (Wildman–Crippen LogP) is 3.70. The summed E-state index contributed by atoms with van der Waals surface area (Å²) in [6.45, 7) is 2.63. The van der Waals surface area contributed by atoms with Gasteiger partial charge in [0.25, 0.3) is 5.91 Å². The monoisotopic (exact) mass is 434 g/mol. The zero-order valence-electron chi connectivity index (χ0n) is 16.3. The van der Waals surface area contributed by atoms with E-state index in [1.165, 1.54) is 18.6 Å². The number of amides is 1. The Morgan fingerprint density at radius 2 is 1.94 bits per heavy atom. The predicted molar refractivity (Wildman–Crippen MR) is 103 cm³/mol. The highest BCUT2D eigenvalue weighted by Gasteiger charge is 2.36. The van der Waals surface area contributed by atoms with E-state index in [4.69, 9.17) is 0 Å². The molecule has 162 valence electrons. The van der Waals surface area contributed by atoms with E-state index in [1.807, 2.05) is 4.90 Å². The van der Waals surface area contributed by atoms with Gasteiger partial charge >= 0.3 is 6.18 Å². The lowest BCUT2D eigenvalue weighted by molar-refractivity contribution is -0.137. The van der Waals surface area contributed by atoms with Crippen LogP contribution in [0.15, 0.2) is 48.9 Å². The third-order valence-electron chi connectivity index (χ3n) is 5.26. The van der Waals surface area contributed by atoms with E-state index in [2.05, 4.69) is 20.6 Å². The molecule has 1 aliphatic rings. The van der Waals surface area contributed by atoms with E-state index in [9.17, 15) is 22.4 Å². The molecule has 0 spiro atoms. The van der Waals surface area contributed by atoms with Crippen LogP contribution in [0.2, 0.25) is 0 Å². The molecular formula is C20H18F4N6O. The summed E-state index contributed by atoms with van der Waals surface area (Å²) < 4.78 is 54.3. The average Bonchev–Trinajstić information content (AvgIpc) is 3.16. The second-order valence-corrected chi connectivity index (χ2v) is 7.30. The maximum absolute atomic E-state index is 13.7. The Balaban J connectivity index is 1.44. The summed E-state index contributed by atoms with van der Waals surface area (Å²) in [5.74, 6) is -1.29. The Labute approximate surface area is 174 Å². The zero-order valence-corrected chi connectivity index (χ0v) is 16.3. The smallest absolute Gasteiger partial charge is 0.319 e. The number of hydrogen-bond acceptors (Lipinski definition) is 5. The number of aromatic nitrogens is 4. The van der Waals surface area contributed by atoms with Crippen molar-refractivity contribution in [1.29, 1.82) is 0 Å². The Hall–Kier alpha value is -3.34. The normalized spacial score (nSPS) is 16.0. The first-order valence-corrected chi connectivity index (χ1v) is 9.45. The molecular weight excluding hydrogens is 416 g/mol. The zero-order chi connectivity index (χ0) is 22.2. The van der Waals surface area contributed by atoms with Gasteiger partial charge in [-0.15, -0.1) is 0 Å². The van der Waals surface area contributed by atoms with E-state index >= 15 is 0 Å². The van der Waals surface area contributed by atoms with Crippen molar-refractivity contribution in [3.63, 3.8) is 0 Å². The first kappa shape index (κ1) is 20.9. The van der Waals surface area contributed by atoms with Crippen LogP contribution in [0.5, 0.6) is 0 Å².